The van der Waals surface area contributed by atoms with Gasteiger partial charge in [-0.25, -0.2) is 0 Å². The Morgan fingerprint density at radius 3 is 2.77 bits per heavy atom. The van der Waals surface area contributed by atoms with E-state index >= 15 is 0 Å². The van der Waals surface area contributed by atoms with Gasteiger partial charge in [-0.3, -0.25) is 4.79 Å². The minimum atomic E-state index is 0.125. The molecule has 0 aliphatic heterocycles. The predicted octanol–water partition coefficient (Wildman–Crippen LogP) is 1.96. The van der Waals surface area contributed by atoms with Crippen molar-refractivity contribution >= 4 is 30.3 Å². The number of carbonyl (C=O) groups is 1. The molecule has 13 heavy (non-hydrogen) atoms. The molecule has 0 aromatic rings. The van der Waals surface area contributed by atoms with E-state index in [0.717, 1.165) is 13.0 Å². The van der Waals surface area contributed by atoms with Gasteiger partial charge in [-0.15, -0.1) is 0 Å². The second kappa shape index (κ2) is 10.3. The molecule has 1 N–H and O–H groups in total. The van der Waals surface area contributed by atoms with Crippen LogP contribution >= 0.6 is 24.4 Å². The number of carbonyl (C=O) groups excluding carboxylic acids is 1. The molecule has 0 aromatic carbocycles. The molecular weight excluding hydrogens is 202 g/mol. The van der Waals surface area contributed by atoms with Gasteiger partial charge in [0.15, 0.2) is 0 Å². The molecule has 0 aliphatic carbocycles. The zero-order valence-electron chi connectivity index (χ0n) is 8.21. The molecule has 0 saturated heterocycles. The summed E-state index contributed by atoms with van der Waals surface area (Å²) in [6.45, 7) is 0.820. The van der Waals surface area contributed by atoms with Gasteiger partial charge in [0, 0.05) is 13.0 Å². The highest BCUT2D eigenvalue weighted by Crippen LogP contribution is 2.01. The molecule has 0 unspecified atom stereocenters. The van der Waals surface area contributed by atoms with E-state index in [1.165, 1.54) is 18.6 Å². The van der Waals surface area contributed by atoms with Gasteiger partial charge in [-0.1, -0.05) is 6.42 Å². The van der Waals surface area contributed by atoms with Crippen molar-refractivity contribution in [2.45, 2.75) is 25.7 Å². The van der Waals surface area contributed by atoms with Crippen molar-refractivity contribution in [2.75, 3.05) is 24.3 Å². The van der Waals surface area contributed by atoms with Crippen molar-refractivity contribution in [2.24, 2.45) is 0 Å². The third-order valence-corrected chi connectivity index (χ3v) is 2.61. The molecule has 0 aliphatic rings. The number of thiol groups is 1. The first-order valence-electron chi connectivity index (χ1n) is 4.67. The summed E-state index contributed by atoms with van der Waals surface area (Å²) in [6, 6.07) is 0. The lowest BCUT2D eigenvalue weighted by molar-refractivity contribution is -0.120. The highest BCUT2D eigenvalue weighted by Gasteiger charge is 1.97. The number of unbranched alkanes of at least 4 members (excludes halogenated alkanes) is 2. The molecule has 0 bridgehead atoms. The van der Waals surface area contributed by atoms with Crippen LogP contribution in [0, 0.1) is 0 Å². The van der Waals surface area contributed by atoms with Crippen molar-refractivity contribution < 1.29 is 4.79 Å². The maximum Gasteiger partial charge on any atom is 0.220 e. The van der Waals surface area contributed by atoms with Crippen LogP contribution in [0.3, 0.4) is 0 Å². The SMILES string of the molecule is CSCCCCCNC(=O)CCS. The minimum Gasteiger partial charge on any atom is -0.356 e. The van der Waals surface area contributed by atoms with Crippen molar-refractivity contribution in [3.8, 4) is 0 Å². The second-order valence-corrected chi connectivity index (χ2v) is 4.31. The van der Waals surface area contributed by atoms with E-state index in [1.54, 1.807) is 0 Å². The average Bonchev–Trinajstić information content (AvgIpc) is 2.11. The van der Waals surface area contributed by atoms with Crippen LogP contribution in [0.15, 0.2) is 0 Å². The van der Waals surface area contributed by atoms with E-state index in [2.05, 4.69) is 24.2 Å². The van der Waals surface area contributed by atoms with Gasteiger partial charge in [0.05, 0.1) is 0 Å². The quantitative estimate of drug-likeness (QED) is 0.484. The predicted molar refractivity (Wildman–Crippen MR) is 63.7 cm³/mol. The van der Waals surface area contributed by atoms with E-state index in [-0.39, 0.29) is 5.91 Å². The number of hydrogen-bond donors (Lipinski definition) is 2. The Hall–Kier alpha value is 0.170. The number of hydrogen-bond acceptors (Lipinski definition) is 3. The maximum absolute atomic E-state index is 11.0. The molecule has 1 amide bonds. The fourth-order valence-electron chi connectivity index (χ4n) is 0.966. The van der Waals surface area contributed by atoms with Gasteiger partial charge in [-0.2, -0.15) is 24.4 Å². The summed E-state index contributed by atoms with van der Waals surface area (Å²) < 4.78 is 0. The normalized spacial score (nSPS) is 10.0. The number of amides is 1. The van der Waals surface area contributed by atoms with Gasteiger partial charge in [0.2, 0.25) is 5.91 Å². The van der Waals surface area contributed by atoms with Crippen LogP contribution in [0.25, 0.3) is 0 Å². The van der Waals surface area contributed by atoms with Crippen molar-refractivity contribution in [3.05, 3.63) is 0 Å². The summed E-state index contributed by atoms with van der Waals surface area (Å²) in [6.07, 6.45) is 6.22. The maximum atomic E-state index is 11.0. The van der Waals surface area contributed by atoms with E-state index < -0.39 is 0 Å². The molecular formula is C9H19NOS2. The summed E-state index contributed by atoms with van der Waals surface area (Å²) in [5, 5.41) is 2.87. The monoisotopic (exact) mass is 221 g/mol. The lowest BCUT2D eigenvalue weighted by atomic mass is 10.2. The molecule has 0 heterocycles. The molecule has 0 fully saturated rings. The molecule has 2 nitrogen and oxygen atoms in total. The Morgan fingerprint density at radius 1 is 1.38 bits per heavy atom. The van der Waals surface area contributed by atoms with E-state index in [9.17, 15) is 4.79 Å². The Morgan fingerprint density at radius 2 is 2.15 bits per heavy atom. The first kappa shape index (κ1) is 13.2. The van der Waals surface area contributed by atoms with Crippen molar-refractivity contribution in [3.63, 3.8) is 0 Å². The van der Waals surface area contributed by atoms with Crippen LogP contribution in [0.5, 0.6) is 0 Å². The van der Waals surface area contributed by atoms with Crippen LogP contribution in [0.2, 0.25) is 0 Å². The van der Waals surface area contributed by atoms with Gasteiger partial charge < -0.3 is 5.32 Å². The zero-order valence-corrected chi connectivity index (χ0v) is 9.92. The smallest absolute Gasteiger partial charge is 0.220 e. The topological polar surface area (TPSA) is 29.1 Å². The molecule has 78 valence electrons. The first-order valence-corrected chi connectivity index (χ1v) is 6.70. The largest absolute Gasteiger partial charge is 0.356 e. The van der Waals surface area contributed by atoms with Crippen molar-refractivity contribution in [1.82, 2.24) is 5.32 Å². The summed E-state index contributed by atoms with van der Waals surface area (Å²) in [5.74, 6) is 1.99. The molecule has 0 atom stereocenters. The van der Waals surface area contributed by atoms with Crippen LogP contribution < -0.4 is 5.32 Å². The summed E-state index contributed by atoms with van der Waals surface area (Å²) in [4.78, 5) is 11.0. The van der Waals surface area contributed by atoms with Gasteiger partial charge in [0.25, 0.3) is 0 Å². The average molecular weight is 221 g/mol. The number of thioether (sulfide) groups is 1. The second-order valence-electron chi connectivity index (χ2n) is 2.88. The van der Waals surface area contributed by atoms with Gasteiger partial charge in [0.1, 0.15) is 0 Å². The van der Waals surface area contributed by atoms with Crippen LogP contribution in [0.1, 0.15) is 25.7 Å². The fourth-order valence-corrected chi connectivity index (χ4v) is 1.66. The number of rotatable bonds is 8. The highest BCUT2D eigenvalue weighted by molar-refractivity contribution is 7.98. The van der Waals surface area contributed by atoms with Gasteiger partial charge >= 0.3 is 0 Å². The molecule has 4 heteroatoms. The van der Waals surface area contributed by atoms with Gasteiger partial charge in [-0.05, 0) is 30.6 Å². The first-order chi connectivity index (χ1) is 6.31. The standard InChI is InChI=1S/C9H19NOS2/c1-13-8-4-2-3-6-10-9(11)5-7-12/h12H,2-8H2,1H3,(H,10,11). The lowest BCUT2D eigenvalue weighted by Crippen LogP contribution is -2.24. The van der Waals surface area contributed by atoms with E-state index in [0.29, 0.717) is 12.2 Å². The fraction of sp³-hybridized carbons (Fsp3) is 0.889. The van der Waals surface area contributed by atoms with Crippen LogP contribution in [0.4, 0.5) is 0 Å². The molecule has 0 saturated carbocycles. The van der Waals surface area contributed by atoms with Crippen LogP contribution in [-0.2, 0) is 4.79 Å². The zero-order chi connectivity index (χ0) is 9.94. The summed E-state index contributed by atoms with van der Waals surface area (Å²) in [5.41, 5.74) is 0. The Bertz CT molecular complexity index is 131. The summed E-state index contributed by atoms with van der Waals surface area (Å²) in [7, 11) is 0. The Balaban J connectivity index is 3.02. The van der Waals surface area contributed by atoms with E-state index in [4.69, 9.17) is 0 Å². The molecule has 0 aromatic heterocycles. The highest BCUT2D eigenvalue weighted by atomic mass is 32.2. The molecule has 0 spiro atoms. The number of nitrogens with one attached hydrogen (secondary N) is 1. The van der Waals surface area contributed by atoms with E-state index in [1.807, 2.05) is 11.8 Å². The van der Waals surface area contributed by atoms with Crippen molar-refractivity contribution in [1.29, 1.82) is 0 Å². The third kappa shape index (κ3) is 10.1. The summed E-state index contributed by atoms with van der Waals surface area (Å²) >= 11 is 5.86. The Labute approximate surface area is 90.6 Å². The minimum absolute atomic E-state index is 0.125. The lowest BCUT2D eigenvalue weighted by Gasteiger charge is -2.03. The van der Waals surface area contributed by atoms with Crippen LogP contribution in [-0.4, -0.2) is 30.2 Å². The molecule has 0 radical (unpaired) electrons. The Kier molecular flexibility index (Phi) is 10.4. The third-order valence-electron chi connectivity index (χ3n) is 1.69. The molecule has 0 rings (SSSR count).